The van der Waals surface area contributed by atoms with Gasteiger partial charge in [-0.3, -0.25) is 4.79 Å². The topological polar surface area (TPSA) is 75.4 Å². The number of nitrogens with one attached hydrogen (secondary N) is 1. The van der Waals surface area contributed by atoms with E-state index in [1.165, 1.54) is 18.2 Å². The third-order valence-corrected chi connectivity index (χ3v) is 3.69. The van der Waals surface area contributed by atoms with Gasteiger partial charge in [0.15, 0.2) is 0 Å². The number of para-hydroxylation sites is 1. The molecule has 1 aromatic rings. The van der Waals surface area contributed by atoms with Gasteiger partial charge < -0.3 is 16.2 Å². The molecule has 0 heterocycles. The van der Waals surface area contributed by atoms with E-state index in [9.17, 15) is 14.3 Å². The van der Waals surface area contributed by atoms with Crippen LogP contribution in [0.5, 0.6) is 0 Å². The highest BCUT2D eigenvalue weighted by Crippen LogP contribution is 2.24. The Morgan fingerprint density at radius 2 is 2.16 bits per heavy atom. The molecule has 4 N–H and O–H groups in total. The van der Waals surface area contributed by atoms with Crippen molar-refractivity contribution in [3.8, 4) is 0 Å². The second kappa shape index (κ2) is 6.02. The number of hydrogen-bond donors (Lipinski definition) is 3. The van der Waals surface area contributed by atoms with Gasteiger partial charge in [-0.15, -0.1) is 0 Å². The van der Waals surface area contributed by atoms with Crippen molar-refractivity contribution >= 4 is 11.6 Å². The second-order valence-corrected chi connectivity index (χ2v) is 5.02. The quantitative estimate of drug-likeness (QED) is 0.729. The lowest BCUT2D eigenvalue weighted by Gasteiger charge is -2.27. The number of hydrogen-bond acceptors (Lipinski definition) is 3. The molecular weight excluding hydrogens is 247 g/mol. The standard InChI is InChI=1S/C14H19FN2O2/c15-11-6-3-5-10(13(11)16)14(19)17-8-9-4-1-2-7-12(9)18/h3,5-6,9,12,18H,1-2,4,7-8,16H2,(H,17,19). The Balaban J connectivity index is 1.95. The minimum atomic E-state index is -0.592. The smallest absolute Gasteiger partial charge is 0.253 e. The number of aliphatic hydroxyl groups excluding tert-OH is 1. The maximum atomic E-state index is 13.3. The molecule has 2 atom stereocenters. The normalized spacial score (nSPS) is 23.1. The van der Waals surface area contributed by atoms with E-state index in [4.69, 9.17) is 5.73 Å². The first-order chi connectivity index (χ1) is 9.09. The maximum Gasteiger partial charge on any atom is 0.253 e. The molecule has 0 radical (unpaired) electrons. The Bertz CT molecular complexity index is 465. The van der Waals surface area contributed by atoms with E-state index in [1.54, 1.807) is 0 Å². The van der Waals surface area contributed by atoms with Gasteiger partial charge in [0.25, 0.3) is 5.91 Å². The third-order valence-electron chi connectivity index (χ3n) is 3.69. The van der Waals surface area contributed by atoms with E-state index < -0.39 is 11.7 Å². The van der Waals surface area contributed by atoms with Gasteiger partial charge in [-0.2, -0.15) is 0 Å². The molecule has 5 heteroatoms. The Labute approximate surface area is 111 Å². The average Bonchev–Trinajstić information content (AvgIpc) is 2.40. The van der Waals surface area contributed by atoms with E-state index in [1.807, 2.05) is 0 Å². The highest BCUT2D eigenvalue weighted by Gasteiger charge is 2.23. The van der Waals surface area contributed by atoms with Gasteiger partial charge in [0.05, 0.1) is 17.4 Å². The molecule has 104 valence electrons. The van der Waals surface area contributed by atoms with Crippen molar-refractivity contribution in [3.05, 3.63) is 29.6 Å². The fourth-order valence-electron chi connectivity index (χ4n) is 2.48. The lowest BCUT2D eigenvalue weighted by molar-refractivity contribution is 0.0663. The van der Waals surface area contributed by atoms with Gasteiger partial charge >= 0.3 is 0 Å². The summed E-state index contributed by atoms with van der Waals surface area (Å²) in [4.78, 5) is 11.9. The summed E-state index contributed by atoms with van der Waals surface area (Å²) in [5.41, 5.74) is 5.54. The van der Waals surface area contributed by atoms with Crippen LogP contribution in [0.2, 0.25) is 0 Å². The molecule has 1 fully saturated rings. The fraction of sp³-hybridized carbons (Fsp3) is 0.500. The Morgan fingerprint density at radius 3 is 2.89 bits per heavy atom. The van der Waals surface area contributed by atoms with E-state index in [0.29, 0.717) is 6.54 Å². The van der Waals surface area contributed by atoms with E-state index in [-0.39, 0.29) is 23.3 Å². The summed E-state index contributed by atoms with van der Waals surface area (Å²) in [7, 11) is 0. The number of anilines is 1. The van der Waals surface area contributed by atoms with Gasteiger partial charge in [-0.1, -0.05) is 18.9 Å². The monoisotopic (exact) mass is 266 g/mol. The SMILES string of the molecule is Nc1c(F)cccc1C(=O)NCC1CCCCC1O. The number of nitrogens with two attached hydrogens (primary N) is 1. The predicted octanol–water partition coefficient (Wildman–Crippen LogP) is 1.69. The summed E-state index contributed by atoms with van der Waals surface area (Å²) in [5.74, 6) is -0.910. The van der Waals surface area contributed by atoms with Gasteiger partial charge in [0.1, 0.15) is 5.82 Å². The predicted molar refractivity (Wildman–Crippen MR) is 71.1 cm³/mol. The molecule has 0 aromatic heterocycles. The molecule has 0 aliphatic heterocycles. The van der Waals surface area contributed by atoms with E-state index >= 15 is 0 Å². The van der Waals surface area contributed by atoms with Gasteiger partial charge in [0.2, 0.25) is 0 Å². The third kappa shape index (κ3) is 3.23. The van der Waals surface area contributed by atoms with Crippen molar-refractivity contribution in [2.45, 2.75) is 31.8 Å². The molecule has 0 saturated heterocycles. The number of benzene rings is 1. The number of aliphatic hydroxyl groups is 1. The zero-order valence-corrected chi connectivity index (χ0v) is 10.7. The largest absolute Gasteiger partial charge is 0.396 e. The Hall–Kier alpha value is -1.62. The molecule has 1 aromatic carbocycles. The number of nitrogen functional groups attached to an aromatic ring is 1. The van der Waals surface area contributed by atoms with Crippen LogP contribution >= 0.6 is 0 Å². The summed E-state index contributed by atoms with van der Waals surface area (Å²) in [6, 6.07) is 4.16. The molecule has 2 rings (SSSR count). The zero-order valence-electron chi connectivity index (χ0n) is 10.7. The van der Waals surface area contributed by atoms with Crippen LogP contribution in [0.4, 0.5) is 10.1 Å². The summed E-state index contributed by atoms with van der Waals surface area (Å²) in [6.07, 6.45) is 3.42. The zero-order chi connectivity index (χ0) is 13.8. The minimum Gasteiger partial charge on any atom is -0.396 e. The van der Waals surface area contributed by atoms with Crippen LogP contribution in [0.25, 0.3) is 0 Å². The van der Waals surface area contributed by atoms with Crippen LogP contribution in [0, 0.1) is 11.7 Å². The van der Waals surface area contributed by atoms with Crippen molar-refractivity contribution < 1.29 is 14.3 Å². The average molecular weight is 266 g/mol. The lowest BCUT2D eigenvalue weighted by atomic mass is 9.86. The molecule has 4 nitrogen and oxygen atoms in total. The summed E-state index contributed by atoms with van der Waals surface area (Å²) >= 11 is 0. The number of carbonyl (C=O) groups is 1. The maximum absolute atomic E-state index is 13.3. The molecule has 0 bridgehead atoms. The Morgan fingerprint density at radius 1 is 1.42 bits per heavy atom. The van der Waals surface area contributed by atoms with Crippen molar-refractivity contribution in [2.75, 3.05) is 12.3 Å². The van der Waals surface area contributed by atoms with Crippen LogP contribution in [-0.2, 0) is 0 Å². The summed E-state index contributed by atoms with van der Waals surface area (Å²) in [5, 5.41) is 12.5. The number of rotatable bonds is 3. The highest BCUT2D eigenvalue weighted by atomic mass is 19.1. The number of halogens is 1. The first-order valence-electron chi connectivity index (χ1n) is 6.60. The fourth-order valence-corrected chi connectivity index (χ4v) is 2.48. The molecule has 1 aliphatic carbocycles. The van der Waals surface area contributed by atoms with Gasteiger partial charge in [0, 0.05) is 12.5 Å². The first-order valence-corrected chi connectivity index (χ1v) is 6.60. The number of carbonyl (C=O) groups excluding carboxylic acids is 1. The number of amides is 1. The Kier molecular flexibility index (Phi) is 4.37. The van der Waals surface area contributed by atoms with Gasteiger partial charge in [-0.05, 0) is 25.0 Å². The minimum absolute atomic E-state index is 0.0764. The van der Waals surface area contributed by atoms with Crippen molar-refractivity contribution in [1.29, 1.82) is 0 Å². The highest BCUT2D eigenvalue weighted by molar-refractivity contribution is 5.99. The van der Waals surface area contributed by atoms with Crippen molar-refractivity contribution in [2.24, 2.45) is 5.92 Å². The molecule has 1 aliphatic rings. The van der Waals surface area contributed by atoms with E-state index in [0.717, 1.165) is 25.7 Å². The van der Waals surface area contributed by atoms with Crippen LogP contribution in [-0.4, -0.2) is 23.7 Å². The summed E-state index contributed by atoms with van der Waals surface area (Å²) in [6.45, 7) is 0.399. The molecule has 1 amide bonds. The molecule has 1 saturated carbocycles. The van der Waals surface area contributed by atoms with Crippen molar-refractivity contribution in [3.63, 3.8) is 0 Å². The van der Waals surface area contributed by atoms with Crippen LogP contribution in [0.15, 0.2) is 18.2 Å². The summed E-state index contributed by atoms with van der Waals surface area (Å²) < 4.78 is 13.3. The van der Waals surface area contributed by atoms with Gasteiger partial charge in [-0.25, -0.2) is 4.39 Å². The van der Waals surface area contributed by atoms with Crippen molar-refractivity contribution in [1.82, 2.24) is 5.32 Å². The molecular formula is C14H19FN2O2. The van der Waals surface area contributed by atoms with E-state index in [2.05, 4.69) is 5.32 Å². The first kappa shape index (κ1) is 13.8. The lowest BCUT2D eigenvalue weighted by Crippen LogP contribution is -2.36. The molecule has 0 spiro atoms. The van der Waals surface area contributed by atoms with Crippen LogP contribution < -0.4 is 11.1 Å². The molecule has 19 heavy (non-hydrogen) atoms. The van der Waals surface area contributed by atoms with Crippen LogP contribution in [0.1, 0.15) is 36.0 Å². The van der Waals surface area contributed by atoms with Crippen LogP contribution in [0.3, 0.4) is 0 Å². The second-order valence-electron chi connectivity index (χ2n) is 5.02. The molecule has 2 unspecified atom stereocenters.